The Bertz CT molecular complexity index is 281. The fraction of sp³-hybridized carbons (Fsp3) is 1.00. The van der Waals surface area contributed by atoms with E-state index >= 15 is 0 Å². The second-order valence-electron chi connectivity index (χ2n) is 8.64. The van der Waals surface area contributed by atoms with Crippen LogP contribution >= 0.6 is 0 Å². The van der Waals surface area contributed by atoms with Gasteiger partial charge >= 0.3 is 0 Å². The van der Waals surface area contributed by atoms with Crippen molar-refractivity contribution in [3.05, 3.63) is 0 Å². The van der Waals surface area contributed by atoms with Gasteiger partial charge in [-0.1, -0.05) is 41.0 Å². The molecule has 0 radical (unpaired) electrons. The SMILES string of the molecule is CN[C@]1(C)CCCC(C)(C(C)C)CCC(C)(C)CC1. The molecule has 0 aromatic heterocycles. The molecule has 1 nitrogen and oxygen atoms in total. The van der Waals surface area contributed by atoms with Gasteiger partial charge in [-0.05, 0) is 69.2 Å². The van der Waals surface area contributed by atoms with Crippen molar-refractivity contribution < 1.29 is 0 Å². The third-order valence-corrected chi connectivity index (χ3v) is 6.20. The van der Waals surface area contributed by atoms with Gasteiger partial charge in [-0.25, -0.2) is 0 Å². The molecule has 1 N–H and O–H groups in total. The lowest BCUT2D eigenvalue weighted by Crippen LogP contribution is -2.41. The second-order valence-corrected chi connectivity index (χ2v) is 8.64. The van der Waals surface area contributed by atoms with E-state index in [-0.39, 0.29) is 0 Å². The Balaban J connectivity index is 2.84. The van der Waals surface area contributed by atoms with Gasteiger partial charge in [-0.2, -0.15) is 0 Å². The Labute approximate surface area is 121 Å². The summed E-state index contributed by atoms with van der Waals surface area (Å²) in [6.45, 7) is 14.7. The smallest absolute Gasteiger partial charge is 0.0150 e. The summed E-state index contributed by atoms with van der Waals surface area (Å²) in [5.74, 6) is 0.795. The fourth-order valence-electron chi connectivity index (χ4n) is 3.32. The van der Waals surface area contributed by atoms with Gasteiger partial charge in [0, 0.05) is 5.54 Å². The second kappa shape index (κ2) is 6.16. The summed E-state index contributed by atoms with van der Waals surface area (Å²) in [6.07, 6.45) is 9.51. The van der Waals surface area contributed by atoms with Crippen LogP contribution in [0.25, 0.3) is 0 Å². The van der Waals surface area contributed by atoms with Crippen LogP contribution in [0, 0.1) is 16.7 Å². The molecule has 1 saturated carbocycles. The molecule has 19 heavy (non-hydrogen) atoms. The van der Waals surface area contributed by atoms with Crippen molar-refractivity contribution in [2.24, 2.45) is 16.7 Å². The van der Waals surface area contributed by atoms with Gasteiger partial charge in [0.25, 0.3) is 0 Å². The summed E-state index contributed by atoms with van der Waals surface area (Å²) in [7, 11) is 2.14. The zero-order valence-corrected chi connectivity index (χ0v) is 14.5. The molecule has 0 aromatic carbocycles. The van der Waals surface area contributed by atoms with Crippen LogP contribution in [-0.4, -0.2) is 12.6 Å². The van der Waals surface area contributed by atoms with Crippen molar-refractivity contribution in [3.8, 4) is 0 Å². The third-order valence-electron chi connectivity index (χ3n) is 6.20. The van der Waals surface area contributed by atoms with Crippen molar-refractivity contribution in [1.82, 2.24) is 5.32 Å². The first-order valence-electron chi connectivity index (χ1n) is 8.31. The number of hydrogen-bond donors (Lipinski definition) is 1. The van der Waals surface area contributed by atoms with E-state index in [0.717, 1.165) is 5.92 Å². The summed E-state index contributed by atoms with van der Waals surface area (Å²) in [5.41, 5.74) is 1.36. The molecule has 0 saturated heterocycles. The van der Waals surface area contributed by atoms with Gasteiger partial charge < -0.3 is 5.32 Å². The standard InChI is InChI=1S/C18H37N/c1-15(2)17(5)9-8-10-18(6,19-7)14-12-16(3,4)11-13-17/h15,19H,8-14H2,1-7H3/t17?,18-/m1/s1. The van der Waals surface area contributed by atoms with Gasteiger partial charge in [0.2, 0.25) is 0 Å². The van der Waals surface area contributed by atoms with Gasteiger partial charge in [0.15, 0.2) is 0 Å². The summed E-state index contributed by atoms with van der Waals surface area (Å²) >= 11 is 0. The van der Waals surface area contributed by atoms with Crippen LogP contribution in [0.2, 0.25) is 0 Å². The fourth-order valence-corrected chi connectivity index (χ4v) is 3.32. The highest BCUT2D eigenvalue weighted by atomic mass is 14.9. The maximum absolute atomic E-state index is 3.59. The molecule has 2 atom stereocenters. The molecule has 1 fully saturated rings. The monoisotopic (exact) mass is 267 g/mol. The van der Waals surface area contributed by atoms with Gasteiger partial charge in [-0.15, -0.1) is 0 Å². The van der Waals surface area contributed by atoms with Gasteiger partial charge in [0.1, 0.15) is 0 Å². The Morgan fingerprint density at radius 3 is 1.89 bits per heavy atom. The number of rotatable bonds is 2. The first kappa shape index (κ1) is 17.0. The molecule has 0 aromatic rings. The molecule has 0 amide bonds. The van der Waals surface area contributed by atoms with E-state index in [1.54, 1.807) is 0 Å². The Kier molecular flexibility index (Phi) is 5.52. The summed E-state index contributed by atoms with van der Waals surface area (Å²) in [5, 5.41) is 3.59. The molecule has 1 rings (SSSR count). The van der Waals surface area contributed by atoms with Crippen molar-refractivity contribution in [2.45, 2.75) is 92.0 Å². The van der Waals surface area contributed by atoms with E-state index in [9.17, 15) is 0 Å². The molecule has 1 unspecified atom stereocenters. The molecular formula is C18H37N. The minimum atomic E-state index is 0.340. The lowest BCUT2D eigenvalue weighted by molar-refractivity contribution is 0.114. The Morgan fingerprint density at radius 2 is 1.37 bits per heavy atom. The average molecular weight is 268 g/mol. The van der Waals surface area contributed by atoms with Crippen molar-refractivity contribution in [3.63, 3.8) is 0 Å². The van der Waals surface area contributed by atoms with Crippen LogP contribution in [0.5, 0.6) is 0 Å². The lowest BCUT2D eigenvalue weighted by atomic mass is 9.66. The number of hydrogen-bond acceptors (Lipinski definition) is 1. The molecule has 0 aliphatic heterocycles. The largest absolute Gasteiger partial charge is 0.315 e. The molecule has 0 bridgehead atoms. The lowest BCUT2D eigenvalue weighted by Gasteiger charge is -2.41. The average Bonchev–Trinajstić information content (AvgIpc) is 2.33. The van der Waals surface area contributed by atoms with Crippen LogP contribution in [0.4, 0.5) is 0 Å². The highest BCUT2D eigenvalue weighted by Gasteiger charge is 2.34. The van der Waals surface area contributed by atoms with Gasteiger partial charge in [-0.3, -0.25) is 0 Å². The first-order valence-corrected chi connectivity index (χ1v) is 8.31. The Hall–Kier alpha value is -0.0400. The van der Waals surface area contributed by atoms with E-state index in [0.29, 0.717) is 16.4 Å². The van der Waals surface area contributed by atoms with Crippen molar-refractivity contribution in [1.29, 1.82) is 0 Å². The molecular weight excluding hydrogens is 230 g/mol. The normalized spacial score (nSPS) is 37.3. The highest BCUT2D eigenvalue weighted by Crippen LogP contribution is 2.44. The number of nitrogens with one attached hydrogen (secondary N) is 1. The molecule has 1 aliphatic rings. The van der Waals surface area contributed by atoms with Gasteiger partial charge in [0.05, 0.1) is 0 Å². The Morgan fingerprint density at radius 1 is 0.789 bits per heavy atom. The molecule has 114 valence electrons. The topological polar surface area (TPSA) is 12.0 Å². The van der Waals surface area contributed by atoms with Crippen LogP contribution in [0.3, 0.4) is 0 Å². The highest BCUT2D eigenvalue weighted by molar-refractivity contribution is 4.89. The molecule has 0 heterocycles. The molecule has 1 heteroatoms. The third kappa shape index (κ3) is 4.77. The van der Waals surface area contributed by atoms with Crippen LogP contribution in [-0.2, 0) is 0 Å². The minimum absolute atomic E-state index is 0.340. The van der Waals surface area contributed by atoms with E-state index < -0.39 is 0 Å². The summed E-state index contributed by atoms with van der Waals surface area (Å²) < 4.78 is 0. The van der Waals surface area contributed by atoms with Crippen molar-refractivity contribution in [2.75, 3.05) is 7.05 Å². The summed E-state index contributed by atoms with van der Waals surface area (Å²) in [4.78, 5) is 0. The van der Waals surface area contributed by atoms with Crippen LogP contribution in [0.15, 0.2) is 0 Å². The van der Waals surface area contributed by atoms with E-state index in [1.165, 1.54) is 44.9 Å². The molecule has 1 aliphatic carbocycles. The maximum Gasteiger partial charge on any atom is 0.0150 e. The van der Waals surface area contributed by atoms with Crippen LogP contribution < -0.4 is 5.32 Å². The van der Waals surface area contributed by atoms with E-state index in [4.69, 9.17) is 0 Å². The zero-order chi connectivity index (χ0) is 14.7. The zero-order valence-electron chi connectivity index (χ0n) is 14.5. The molecule has 0 spiro atoms. The summed E-state index contributed by atoms with van der Waals surface area (Å²) in [6, 6.07) is 0. The quantitative estimate of drug-likeness (QED) is 0.706. The maximum atomic E-state index is 3.59. The van der Waals surface area contributed by atoms with E-state index in [1.807, 2.05) is 0 Å². The predicted molar refractivity (Wildman–Crippen MR) is 86.5 cm³/mol. The van der Waals surface area contributed by atoms with E-state index in [2.05, 4.69) is 53.9 Å². The van der Waals surface area contributed by atoms with Crippen molar-refractivity contribution >= 4 is 0 Å². The first-order chi connectivity index (χ1) is 8.63. The predicted octanol–water partition coefficient (Wildman–Crippen LogP) is 5.40. The van der Waals surface area contributed by atoms with Crippen LogP contribution in [0.1, 0.15) is 86.5 Å². The minimum Gasteiger partial charge on any atom is -0.315 e.